The van der Waals surface area contributed by atoms with Gasteiger partial charge in [0, 0.05) is 6.54 Å². The number of carbonyl (C=O) groups excluding carboxylic acids is 2. The predicted molar refractivity (Wildman–Crippen MR) is 135 cm³/mol. The van der Waals surface area contributed by atoms with Gasteiger partial charge < -0.3 is 10.1 Å². The molecule has 176 valence electrons. The van der Waals surface area contributed by atoms with Crippen molar-refractivity contribution in [2.75, 3.05) is 5.32 Å². The van der Waals surface area contributed by atoms with E-state index in [1.807, 2.05) is 45.9 Å². The number of aromatic nitrogens is 1. The first-order valence-electron chi connectivity index (χ1n) is 11.1. The summed E-state index contributed by atoms with van der Waals surface area (Å²) >= 11 is 1.35. The van der Waals surface area contributed by atoms with Crippen LogP contribution in [0.15, 0.2) is 42.5 Å². The van der Waals surface area contributed by atoms with Gasteiger partial charge in [0.2, 0.25) is 5.91 Å². The van der Waals surface area contributed by atoms with Gasteiger partial charge in [-0.15, -0.1) is 0 Å². The Morgan fingerprint density at radius 2 is 1.70 bits per heavy atom. The van der Waals surface area contributed by atoms with Crippen LogP contribution in [0.25, 0.3) is 10.2 Å². The van der Waals surface area contributed by atoms with E-state index in [0.717, 1.165) is 21.3 Å². The minimum absolute atomic E-state index is 0.0362. The SMILES string of the molecule is CC(C(=O)NCc1ccc(C(C)(C)C)cc1)c1ccc2nc(NC(=O)OC(C)(C)C)sc2c1. The molecule has 0 aliphatic heterocycles. The Morgan fingerprint density at radius 3 is 2.30 bits per heavy atom. The molecule has 0 spiro atoms. The van der Waals surface area contributed by atoms with Crippen LogP contribution in [0.3, 0.4) is 0 Å². The number of hydrogen-bond acceptors (Lipinski definition) is 5. The number of anilines is 1. The van der Waals surface area contributed by atoms with E-state index in [-0.39, 0.29) is 17.2 Å². The van der Waals surface area contributed by atoms with Crippen LogP contribution in [0, 0.1) is 0 Å². The summed E-state index contributed by atoms with van der Waals surface area (Å²) in [6.07, 6.45) is -0.537. The quantitative estimate of drug-likeness (QED) is 0.457. The normalized spacial score (nSPS) is 12.9. The van der Waals surface area contributed by atoms with E-state index < -0.39 is 11.7 Å². The van der Waals surface area contributed by atoms with Crippen molar-refractivity contribution in [3.63, 3.8) is 0 Å². The van der Waals surface area contributed by atoms with E-state index in [1.54, 1.807) is 0 Å². The second-order valence-corrected chi connectivity index (χ2v) is 11.3. The van der Waals surface area contributed by atoms with E-state index in [9.17, 15) is 9.59 Å². The van der Waals surface area contributed by atoms with Crippen molar-refractivity contribution in [2.45, 2.75) is 71.9 Å². The van der Waals surface area contributed by atoms with Crippen LogP contribution in [0.4, 0.5) is 9.93 Å². The van der Waals surface area contributed by atoms with Crippen molar-refractivity contribution >= 4 is 38.7 Å². The fourth-order valence-corrected chi connectivity index (χ4v) is 4.17. The molecular formula is C26H33N3O3S. The van der Waals surface area contributed by atoms with Crippen molar-refractivity contribution in [3.05, 3.63) is 59.2 Å². The topological polar surface area (TPSA) is 80.3 Å². The van der Waals surface area contributed by atoms with E-state index in [2.05, 4.69) is 60.7 Å². The molecule has 2 N–H and O–H groups in total. The molecule has 7 heteroatoms. The maximum Gasteiger partial charge on any atom is 0.413 e. The summed E-state index contributed by atoms with van der Waals surface area (Å²) < 4.78 is 6.18. The molecule has 0 saturated carbocycles. The van der Waals surface area contributed by atoms with E-state index in [4.69, 9.17) is 4.74 Å². The Hall–Kier alpha value is -2.93. The Labute approximate surface area is 199 Å². The third kappa shape index (κ3) is 6.78. The van der Waals surface area contributed by atoms with Gasteiger partial charge in [0.1, 0.15) is 5.60 Å². The Morgan fingerprint density at radius 1 is 1.03 bits per heavy atom. The third-order valence-electron chi connectivity index (χ3n) is 5.20. The lowest BCUT2D eigenvalue weighted by molar-refractivity contribution is -0.122. The molecule has 0 bridgehead atoms. The van der Waals surface area contributed by atoms with E-state index in [1.165, 1.54) is 16.9 Å². The zero-order valence-electron chi connectivity index (χ0n) is 20.4. The number of rotatable bonds is 5. The van der Waals surface area contributed by atoms with Crippen LogP contribution in [-0.4, -0.2) is 22.6 Å². The maximum absolute atomic E-state index is 12.8. The van der Waals surface area contributed by atoms with Crippen molar-refractivity contribution < 1.29 is 14.3 Å². The van der Waals surface area contributed by atoms with Gasteiger partial charge >= 0.3 is 6.09 Å². The molecule has 1 unspecified atom stereocenters. The fraction of sp³-hybridized carbons (Fsp3) is 0.423. The second kappa shape index (κ2) is 9.51. The molecule has 0 saturated heterocycles. The molecule has 33 heavy (non-hydrogen) atoms. The Kier molecular flexibility index (Phi) is 7.12. The number of hydrogen-bond donors (Lipinski definition) is 2. The zero-order valence-corrected chi connectivity index (χ0v) is 21.2. The molecule has 1 atom stereocenters. The van der Waals surface area contributed by atoms with Crippen LogP contribution in [0.1, 0.15) is 71.1 Å². The van der Waals surface area contributed by atoms with E-state index >= 15 is 0 Å². The van der Waals surface area contributed by atoms with Crippen molar-refractivity contribution in [2.24, 2.45) is 0 Å². The van der Waals surface area contributed by atoms with Crippen molar-refractivity contribution in [3.8, 4) is 0 Å². The van der Waals surface area contributed by atoms with Crippen LogP contribution in [0.5, 0.6) is 0 Å². The van der Waals surface area contributed by atoms with Crippen LogP contribution in [0.2, 0.25) is 0 Å². The smallest absolute Gasteiger partial charge is 0.413 e. The first-order valence-corrected chi connectivity index (χ1v) is 11.9. The molecule has 0 fully saturated rings. The van der Waals surface area contributed by atoms with Crippen molar-refractivity contribution in [1.29, 1.82) is 0 Å². The maximum atomic E-state index is 12.8. The third-order valence-corrected chi connectivity index (χ3v) is 6.13. The van der Waals surface area contributed by atoms with Crippen LogP contribution < -0.4 is 10.6 Å². The number of benzene rings is 2. The fourth-order valence-electron chi connectivity index (χ4n) is 3.27. The summed E-state index contributed by atoms with van der Waals surface area (Å²) in [6, 6.07) is 14.1. The highest BCUT2D eigenvalue weighted by Crippen LogP contribution is 2.29. The number of fused-ring (bicyclic) bond motifs is 1. The molecule has 3 rings (SSSR count). The standard InChI is InChI=1S/C26H33N3O3S/c1-16(22(30)27-15-17-8-11-19(12-9-17)25(2,3)4)18-10-13-20-21(14-18)33-23(28-20)29-24(31)32-26(5,6)7/h8-14,16H,15H2,1-7H3,(H,27,30)(H,28,29,31). The first-order chi connectivity index (χ1) is 15.3. The number of thiazole rings is 1. The lowest BCUT2D eigenvalue weighted by Crippen LogP contribution is -2.27. The molecule has 2 aromatic carbocycles. The first kappa shape index (κ1) is 24.7. The number of ether oxygens (including phenoxy) is 1. The molecular weight excluding hydrogens is 434 g/mol. The minimum Gasteiger partial charge on any atom is -0.444 e. The molecule has 0 aliphatic carbocycles. The summed E-state index contributed by atoms with van der Waals surface area (Å²) in [4.78, 5) is 29.2. The van der Waals surface area contributed by atoms with Gasteiger partial charge in [-0.3, -0.25) is 10.1 Å². The van der Waals surface area contributed by atoms with Gasteiger partial charge in [-0.25, -0.2) is 9.78 Å². The Balaban J connectivity index is 1.63. The summed E-state index contributed by atoms with van der Waals surface area (Å²) in [5.41, 5.74) is 3.53. The molecule has 3 aromatic rings. The predicted octanol–water partition coefficient (Wildman–Crippen LogP) is 6.36. The molecule has 0 radical (unpaired) electrons. The summed E-state index contributed by atoms with van der Waals surface area (Å²) in [5.74, 6) is -0.349. The summed E-state index contributed by atoms with van der Waals surface area (Å²) in [7, 11) is 0. The zero-order chi connectivity index (χ0) is 24.4. The highest BCUT2D eigenvalue weighted by Gasteiger charge is 2.19. The molecule has 6 nitrogen and oxygen atoms in total. The minimum atomic E-state index is -0.578. The second-order valence-electron chi connectivity index (χ2n) is 10.3. The number of nitrogens with zero attached hydrogens (tertiary/aromatic N) is 1. The van der Waals surface area contributed by atoms with Gasteiger partial charge in [0.05, 0.1) is 16.1 Å². The average Bonchev–Trinajstić information content (AvgIpc) is 3.10. The lowest BCUT2D eigenvalue weighted by atomic mass is 9.87. The molecule has 1 heterocycles. The highest BCUT2D eigenvalue weighted by molar-refractivity contribution is 7.22. The van der Waals surface area contributed by atoms with Gasteiger partial charge in [-0.1, -0.05) is 62.4 Å². The van der Waals surface area contributed by atoms with Gasteiger partial charge in [-0.2, -0.15) is 0 Å². The van der Waals surface area contributed by atoms with Crippen LogP contribution in [-0.2, 0) is 21.5 Å². The molecule has 0 aliphatic rings. The van der Waals surface area contributed by atoms with Gasteiger partial charge in [0.25, 0.3) is 0 Å². The lowest BCUT2D eigenvalue weighted by Gasteiger charge is -2.19. The summed E-state index contributed by atoms with van der Waals surface area (Å²) in [5, 5.41) is 6.17. The van der Waals surface area contributed by atoms with Gasteiger partial charge in [-0.05, 0) is 61.9 Å². The Bertz CT molecular complexity index is 1140. The monoisotopic (exact) mass is 467 g/mol. The number of amides is 2. The van der Waals surface area contributed by atoms with Gasteiger partial charge in [0.15, 0.2) is 5.13 Å². The highest BCUT2D eigenvalue weighted by atomic mass is 32.1. The summed E-state index contributed by atoms with van der Waals surface area (Å²) in [6.45, 7) is 14.4. The number of carbonyl (C=O) groups is 2. The largest absolute Gasteiger partial charge is 0.444 e. The molecule has 2 amide bonds. The average molecular weight is 468 g/mol. The molecule has 1 aromatic heterocycles. The number of nitrogens with one attached hydrogen (secondary N) is 2. The van der Waals surface area contributed by atoms with E-state index in [0.29, 0.717) is 11.7 Å². The van der Waals surface area contributed by atoms with Crippen LogP contribution >= 0.6 is 11.3 Å². The van der Waals surface area contributed by atoms with Crippen molar-refractivity contribution in [1.82, 2.24) is 10.3 Å².